The average Bonchev–Trinajstić information content (AvgIpc) is 3.05. The predicted octanol–water partition coefficient (Wildman–Crippen LogP) is 3.53. The van der Waals surface area contributed by atoms with Crippen molar-refractivity contribution >= 4 is 11.9 Å². The first-order chi connectivity index (χ1) is 16.3. The highest BCUT2D eigenvalue weighted by molar-refractivity contribution is 5.89. The average molecular weight is 482 g/mol. The minimum atomic E-state index is -1.40. The molecular weight excluding hydrogens is 450 g/mol. The first-order valence-corrected chi connectivity index (χ1v) is 11.2. The molecule has 0 unspecified atom stereocenters. The van der Waals surface area contributed by atoms with E-state index in [-0.39, 0.29) is 23.3 Å². The van der Waals surface area contributed by atoms with Gasteiger partial charge in [0.05, 0.1) is 12.1 Å². The van der Waals surface area contributed by atoms with Crippen molar-refractivity contribution in [2.45, 2.75) is 58.8 Å². The van der Waals surface area contributed by atoms with Crippen molar-refractivity contribution in [3.8, 4) is 5.75 Å². The van der Waals surface area contributed by atoms with Crippen molar-refractivity contribution in [3.63, 3.8) is 0 Å². The van der Waals surface area contributed by atoms with E-state index >= 15 is 0 Å². The summed E-state index contributed by atoms with van der Waals surface area (Å²) in [4.78, 5) is 36.2. The molecule has 1 aromatic heterocycles. The molecule has 0 atom stereocenters. The van der Waals surface area contributed by atoms with Gasteiger partial charge in [-0.1, -0.05) is 45.0 Å². The summed E-state index contributed by atoms with van der Waals surface area (Å²) in [6.07, 6.45) is 0. The number of ether oxygens (including phenoxy) is 2. The molecule has 0 aliphatic rings. The third-order valence-corrected chi connectivity index (χ3v) is 5.59. The van der Waals surface area contributed by atoms with Crippen molar-refractivity contribution < 1.29 is 24.2 Å². The lowest BCUT2D eigenvalue weighted by Crippen LogP contribution is -2.37. The number of nitrogens with zero attached hydrogens (tertiary/aromatic N) is 3. The Morgan fingerprint density at radius 2 is 1.57 bits per heavy atom. The van der Waals surface area contributed by atoms with Gasteiger partial charge < -0.3 is 14.6 Å². The van der Waals surface area contributed by atoms with Crippen LogP contribution in [0.3, 0.4) is 0 Å². The molecule has 0 aliphatic heterocycles. The number of aliphatic carboxylic acids is 1. The highest BCUT2D eigenvalue weighted by Gasteiger charge is 2.29. The predicted molar refractivity (Wildman–Crippen MR) is 130 cm³/mol. The van der Waals surface area contributed by atoms with Gasteiger partial charge in [-0.25, -0.2) is 19.1 Å². The van der Waals surface area contributed by atoms with E-state index in [0.29, 0.717) is 18.1 Å². The number of esters is 1. The van der Waals surface area contributed by atoms with E-state index in [0.717, 1.165) is 5.56 Å². The van der Waals surface area contributed by atoms with Crippen molar-refractivity contribution in [2.24, 2.45) is 7.05 Å². The molecule has 0 saturated carbocycles. The number of aromatic nitrogens is 3. The molecule has 35 heavy (non-hydrogen) atoms. The van der Waals surface area contributed by atoms with Crippen LogP contribution in [-0.4, -0.2) is 37.0 Å². The van der Waals surface area contributed by atoms with Crippen molar-refractivity contribution in [1.82, 2.24) is 14.3 Å². The maximum Gasteiger partial charge on any atom is 0.347 e. The molecule has 9 heteroatoms. The molecule has 3 aromatic rings. The second-order valence-corrected chi connectivity index (χ2v) is 9.88. The Balaban J connectivity index is 1.64. The lowest BCUT2D eigenvalue weighted by Gasteiger charge is -2.21. The van der Waals surface area contributed by atoms with Gasteiger partial charge >= 0.3 is 17.6 Å². The Labute approximate surface area is 203 Å². The summed E-state index contributed by atoms with van der Waals surface area (Å²) in [5.41, 5.74) is 0.731. The summed E-state index contributed by atoms with van der Waals surface area (Å²) in [6.45, 7) is 9.41. The van der Waals surface area contributed by atoms with Gasteiger partial charge in [0.2, 0.25) is 0 Å². The van der Waals surface area contributed by atoms with Crippen molar-refractivity contribution in [1.29, 1.82) is 0 Å². The molecule has 0 amide bonds. The van der Waals surface area contributed by atoms with Gasteiger partial charge in [-0.05, 0) is 54.7 Å². The van der Waals surface area contributed by atoms with Gasteiger partial charge in [0.25, 0.3) is 0 Å². The van der Waals surface area contributed by atoms with E-state index in [1.54, 1.807) is 7.05 Å². The molecule has 9 nitrogen and oxygen atoms in total. The first-order valence-electron chi connectivity index (χ1n) is 11.2. The van der Waals surface area contributed by atoms with Crippen LogP contribution in [0.5, 0.6) is 5.75 Å². The van der Waals surface area contributed by atoms with Crippen LogP contribution in [0.15, 0.2) is 53.3 Å². The van der Waals surface area contributed by atoms with Crippen molar-refractivity contribution in [2.75, 3.05) is 0 Å². The van der Waals surface area contributed by atoms with Gasteiger partial charge in [0.15, 0.2) is 18.0 Å². The van der Waals surface area contributed by atoms with Crippen LogP contribution in [-0.2, 0) is 35.1 Å². The van der Waals surface area contributed by atoms with Crippen LogP contribution in [0.1, 0.15) is 61.9 Å². The lowest BCUT2D eigenvalue weighted by molar-refractivity contribution is -0.152. The molecular formula is C26H31N3O6. The highest BCUT2D eigenvalue weighted by Crippen LogP contribution is 2.22. The molecule has 0 radical (unpaired) electrons. The fourth-order valence-corrected chi connectivity index (χ4v) is 3.26. The SMILES string of the molecule is Cn1c(COC(=O)c2ccc(OC(C)(C)C(=O)O)cc2)nn(Cc2ccc(C(C)(C)C)cc2)c1=O. The smallest absolute Gasteiger partial charge is 0.347 e. The highest BCUT2D eigenvalue weighted by atomic mass is 16.5. The Kier molecular flexibility index (Phi) is 7.19. The van der Waals surface area contributed by atoms with E-state index in [1.807, 2.05) is 24.3 Å². The lowest BCUT2D eigenvalue weighted by atomic mass is 9.87. The van der Waals surface area contributed by atoms with Crippen LogP contribution in [0.4, 0.5) is 0 Å². The molecule has 0 spiro atoms. The Bertz CT molecular complexity index is 1260. The summed E-state index contributed by atoms with van der Waals surface area (Å²) in [5.74, 6) is -1.08. The summed E-state index contributed by atoms with van der Waals surface area (Å²) in [7, 11) is 1.58. The molecule has 0 fully saturated rings. The molecule has 1 heterocycles. The van der Waals surface area contributed by atoms with Gasteiger partial charge in [-0.15, -0.1) is 0 Å². The summed E-state index contributed by atoms with van der Waals surface area (Å²) < 4.78 is 13.5. The van der Waals surface area contributed by atoms with Gasteiger partial charge in [0.1, 0.15) is 5.75 Å². The zero-order valence-corrected chi connectivity index (χ0v) is 20.9. The second-order valence-electron chi connectivity index (χ2n) is 9.88. The number of rotatable bonds is 8. The fourth-order valence-electron chi connectivity index (χ4n) is 3.26. The summed E-state index contributed by atoms with van der Waals surface area (Å²) in [5, 5.41) is 13.5. The first kappa shape index (κ1) is 25.7. The second kappa shape index (κ2) is 9.77. The molecule has 186 valence electrons. The van der Waals surface area contributed by atoms with Gasteiger partial charge in [-0.2, -0.15) is 5.10 Å². The number of carbonyl (C=O) groups excluding carboxylic acids is 1. The molecule has 2 aromatic carbocycles. The summed E-state index contributed by atoms with van der Waals surface area (Å²) in [6, 6.07) is 14.0. The van der Waals surface area contributed by atoms with Crippen molar-refractivity contribution in [3.05, 3.63) is 81.5 Å². The van der Waals surface area contributed by atoms with Crippen LogP contribution in [0, 0.1) is 0 Å². The van der Waals surface area contributed by atoms with E-state index in [2.05, 4.69) is 25.9 Å². The van der Waals surface area contributed by atoms with E-state index in [9.17, 15) is 14.4 Å². The monoisotopic (exact) mass is 481 g/mol. The summed E-state index contributed by atoms with van der Waals surface area (Å²) >= 11 is 0. The fraction of sp³-hybridized carbons (Fsp3) is 0.385. The standard InChI is InChI=1S/C26H31N3O6/c1-25(2,3)19-11-7-17(8-12-19)15-29-24(33)28(6)21(27-29)16-34-22(30)18-9-13-20(14-10-18)35-26(4,5)23(31)32/h7-14H,15-16H2,1-6H3,(H,31,32). The van der Waals surface area contributed by atoms with E-state index < -0.39 is 17.5 Å². The number of hydrogen-bond acceptors (Lipinski definition) is 6. The Morgan fingerprint density at radius 3 is 2.11 bits per heavy atom. The molecule has 0 aliphatic carbocycles. The minimum absolute atomic E-state index is 0.0415. The Hall–Kier alpha value is -3.88. The third-order valence-electron chi connectivity index (χ3n) is 5.59. The van der Waals surface area contributed by atoms with E-state index in [1.165, 1.54) is 52.9 Å². The molecule has 0 bridgehead atoms. The van der Waals surface area contributed by atoms with E-state index in [4.69, 9.17) is 14.6 Å². The Morgan fingerprint density at radius 1 is 0.971 bits per heavy atom. The van der Waals surface area contributed by atoms with Crippen LogP contribution < -0.4 is 10.4 Å². The quantitative estimate of drug-likeness (QED) is 0.490. The zero-order valence-electron chi connectivity index (χ0n) is 20.9. The largest absolute Gasteiger partial charge is 0.478 e. The van der Waals surface area contributed by atoms with Crippen LogP contribution in [0.25, 0.3) is 0 Å². The third kappa shape index (κ3) is 6.17. The molecule has 1 N–H and O–H groups in total. The van der Waals surface area contributed by atoms with Crippen LogP contribution >= 0.6 is 0 Å². The normalized spacial score (nSPS) is 11.8. The van der Waals surface area contributed by atoms with Gasteiger partial charge in [-0.3, -0.25) is 4.57 Å². The topological polar surface area (TPSA) is 113 Å². The molecule has 0 saturated heterocycles. The van der Waals surface area contributed by atoms with Crippen LogP contribution in [0.2, 0.25) is 0 Å². The number of hydrogen-bond donors (Lipinski definition) is 1. The number of carbonyl (C=O) groups is 2. The molecule has 3 rings (SSSR count). The number of carboxylic acid groups (broad SMARTS) is 1. The maximum absolute atomic E-state index is 12.6. The number of carboxylic acids is 1. The maximum atomic E-state index is 12.6. The minimum Gasteiger partial charge on any atom is -0.478 e. The number of benzene rings is 2. The zero-order chi connectivity index (χ0) is 26.0. The van der Waals surface area contributed by atoms with Gasteiger partial charge in [0, 0.05) is 7.05 Å².